The minimum atomic E-state index is 0.440. The van der Waals surface area contributed by atoms with Gasteiger partial charge in [-0.3, -0.25) is 0 Å². The van der Waals surface area contributed by atoms with Crippen LogP contribution >= 0.6 is 11.3 Å². The number of nitrogens with zero attached hydrogens (tertiary/aromatic N) is 1. The number of hydrogen-bond acceptors (Lipinski definition) is 3. The SMILES string of the molecule is CCCNC(C)c1sc(C(C)CC)nc1C. The number of hydrogen-bond donors (Lipinski definition) is 1. The molecule has 0 amide bonds. The molecule has 0 bridgehead atoms. The molecule has 92 valence electrons. The first-order valence-electron chi connectivity index (χ1n) is 6.30. The summed E-state index contributed by atoms with van der Waals surface area (Å²) in [5, 5.41) is 4.82. The molecule has 0 aromatic carbocycles. The van der Waals surface area contributed by atoms with Crippen LogP contribution in [0.3, 0.4) is 0 Å². The molecule has 16 heavy (non-hydrogen) atoms. The first-order valence-corrected chi connectivity index (χ1v) is 7.12. The highest BCUT2D eigenvalue weighted by atomic mass is 32.1. The van der Waals surface area contributed by atoms with Gasteiger partial charge in [0.1, 0.15) is 0 Å². The number of thiazole rings is 1. The van der Waals surface area contributed by atoms with Gasteiger partial charge >= 0.3 is 0 Å². The molecule has 2 atom stereocenters. The Hall–Kier alpha value is -0.410. The molecule has 0 aliphatic heterocycles. The molecular formula is C13H24N2S. The molecule has 3 heteroatoms. The zero-order valence-corrected chi connectivity index (χ0v) is 11.9. The Morgan fingerprint density at radius 3 is 2.56 bits per heavy atom. The molecule has 0 saturated heterocycles. The summed E-state index contributed by atoms with van der Waals surface area (Å²) in [6.45, 7) is 12.1. The monoisotopic (exact) mass is 240 g/mol. The fraction of sp³-hybridized carbons (Fsp3) is 0.769. The van der Waals surface area contributed by atoms with E-state index in [0.29, 0.717) is 12.0 Å². The van der Waals surface area contributed by atoms with E-state index >= 15 is 0 Å². The molecule has 0 saturated carbocycles. The van der Waals surface area contributed by atoms with Crippen LogP contribution in [0.4, 0.5) is 0 Å². The van der Waals surface area contributed by atoms with Crippen LogP contribution in [0.1, 0.15) is 68.1 Å². The van der Waals surface area contributed by atoms with Crippen molar-refractivity contribution in [3.05, 3.63) is 15.6 Å². The summed E-state index contributed by atoms with van der Waals surface area (Å²) < 4.78 is 0. The Morgan fingerprint density at radius 1 is 1.31 bits per heavy atom. The Labute approximate surface area is 103 Å². The van der Waals surface area contributed by atoms with Crippen LogP contribution in [0.15, 0.2) is 0 Å². The lowest BCUT2D eigenvalue weighted by atomic mass is 10.1. The molecule has 1 aromatic rings. The van der Waals surface area contributed by atoms with E-state index in [0.717, 1.165) is 6.54 Å². The quantitative estimate of drug-likeness (QED) is 0.812. The maximum absolute atomic E-state index is 4.69. The van der Waals surface area contributed by atoms with Crippen LogP contribution in [-0.2, 0) is 0 Å². The van der Waals surface area contributed by atoms with Crippen LogP contribution in [0.25, 0.3) is 0 Å². The predicted octanol–water partition coefficient (Wildman–Crippen LogP) is 4.03. The van der Waals surface area contributed by atoms with E-state index in [9.17, 15) is 0 Å². The van der Waals surface area contributed by atoms with E-state index in [2.05, 4.69) is 44.9 Å². The van der Waals surface area contributed by atoms with Crippen molar-refractivity contribution in [3.63, 3.8) is 0 Å². The van der Waals surface area contributed by atoms with Crippen LogP contribution in [0.2, 0.25) is 0 Å². The molecule has 0 radical (unpaired) electrons. The van der Waals surface area contributed by atoms with Gasteiger partial charge in [-0.2, -0.15) is 0 Å². The summed E-state index contributed by atoms with van der Waals surface area (Å²) in [7, 11) is 0. The third-order valence-electron chi connectivity index (χ3n) is 2.98. The highest BCUT2D eigenvalue weighted by Crippen LogP contribution is 2.30. The third-order valence-corrected chi connectivity index (χ3v) is 4.55. The second kappa shape index (κ2) is 6.36. The van der Waals surface area contributed by atoms with Gasteiger partial charge in [-0.15, -0.1) is 11.3 Å². The van der Waals surface area contributed by atoms with Crippen LogP contribution in [-0.4, -0.2) is 11.5 Å². The molecular weight excluding hydrogens is 216 g/mol. The van der Waals surface area contributed by atoms with Crippen molar-refractivity contribution in [2.45, 2.75) is 59.4 Å². The lowest BCUT2D eigenvalue weighted by molar-refractivity contribution is 0.575. The minimum Gasteiger partial charge on any atom is -0.309 e. The molecule has 0 spiro atoms. The van der Waals surface area contributed by atoms with Crippen molar-refractivity contribution in [2.24, 2.45) is 0 Å². The van der Waals surface area contributed by atoms with Crippen LogP contribution in [0.5, 0.6) is 0 Å². The van der Waals surface area contributed by atoms with Gasteiger partial charge in [0, 0.05) is 16.8 Å². The van der Waals surface area contributed by atoms with E-state index < -0.39 is 0 Å². The largest absolute Gasteiger partial charge is 0.309 e. The Morgan fingerprint density at radius 2 is 2.00 bits per heavy atom. The number of rotatable bonds is 6. The van der Waals surface area contributed by atoms with Crippen molar-refractivity contribution in [2.75, 3.05) is 6.54 Å². The summed E-state index contributed by atoms with van der Waals surface area (Å²) >= 11 is 1.88. The third kappa shape index (κ3) is 3.29. The molecule has 1 rings (SSSR count). The summed E-state index contributed by atoms with van der Waals surface area (Å²) in [6.07, 6.45) is 2.35. The van der Waals surface area contributed by atoms with Crippen molar-refractivity contribution < 1.29 is 0 Å². The van der Waals surface area contributed by atoms with Crippen LogP contribution in [0, 0.1) is 6.92 Å². The van der Waals surface area contributed by atoms with Gasteiger partial charge in [0.05, 0.1) is 10.7 Å². The standard InChI is InChI=1S/C13H24N2S/c1-6-8-14-10(4)12-11(5)15-13(16-12)9(3)7-2/h9-10,14H,6-8H2,1-5H3. The first kappa shape index (κ1) is 13.7. The van der Waals surface area contributed by atoms with E-state index in [1.165, 1.54) is 28.4 Å². The fourth-order valence-corrected chi connectivity index (χ4v) is 2.90. The lowest BCUT2D eigenvalue weighted by Crippen LogP contribution is -2.18. The molecule has 2 nitrogen and oxygen atoms in total. The molecule has 2 unspecified atom stereocenters. The molecule has 1 N–H and O–H groups in total. The Kier molecular flexibility index (Phi) is 5.42. The maximum Gasteiger partial charge on any atom is 0.0959 e. The van der Waals surface area contributed by atoms with E-state index in [4.69, 9.17) is 0 Å². The molecule has 0 aliphatic carbocycles. The van der Waals surface area contributed by atoms with E-state index in [1.807, 2.05) is 11.3 Å². The topological polar surface area (TPSA) is 24.9 Å². The normalized spacial score (nSPS) is 15.1. The summed E-state index contributed by atoms with van der Waals surface area (Å²) in [5.41, 5.74) is 1.21. The lowest BCUT2D eigenvalue weighted by Gasteiger charge is -2.11. The number of aromatic nitrogens is 1. The van der Waals surface area contributed by atoms with Gasteiger partial charge in [-0.1, -0.05) is 20.8 Å². The van der Waals surface area contributed by atoms with Crippen LogP contribution < -0.4 is 5.32 Å². The maximum atomic E-state index is 4.69. The second-order valence-electron chi connectivity index (χ2n) is 4.49. The summed E-state index contributed by atoms with van der Waals surface area (Å²) in [6, 6.07) is 0.440. The van der Waals surface area contributed by atoms with Gasteiger partial charge in [0.15, 0.2) is 0 Å². The summed E-state index contributed by atoms with van der Waals surface area (Å²) in [5.74, 6) is 0.593. The molecule has 1 heterocycles. The second-order valence-corrected chi connectivity index (χ2v) is 5.55. The first-order chi connectivity index (χ1) is 7.60. The Balaban J connectivity index is 2.76. The Bertz CT molecular complexity index is 320. The van der Waals surface area contributed by atoms with Gasteiger partial charge in [0.2, 0.25) is 0 Å². The summed E-state index contributed by atoms with van der Waals surface area (Å²) in [4.78, 5) is 6.10. The predicted molar refractivity (Wildman–Crippen MR) is 72.3 cm³/mol. The minimum absolute atomic E-state index is 0.440. The van der Waals surface area contributed by atoms with Crippen molar-refractivity contribution in [1.82, 2.24) is 10.3 Å². The van der Waals surface area contributed by atoms with Crippen molar-refractivity contribution in [3.8, 4) is 0 Å². The molecule has 0 aliphatic rings. The number of nitrogens with one attached hydrogen (secondary N) is 1. The van der Waals surface area contributed by atoms with Crippen molar-refractivity contribution >= 4 is 11.3 Å². The highest BCUT2D eigenvalue weighted by molar-refractivity contribution is 7.11. The van der Waals surface area contributed by atoms with Crippen molar-refractivity contribution in [1.29, 1.82) is 0 Å². The average molecular weight is 240 g/mol. The van der Waals surface area contributed by atoms with Gasteiger partial charge in [0.25, 0.3) is 0 Å². The van der Waals surface area contributed by atoms with Gasteiger partial charge in [-0.25, -0.2) is 4.98 Å². The fourth-order valence-electron chi connectivity index (χ4n) is 1.67. The average Bonchev–Trinajstić information content (AvgIpc) is 2.67. The zero-order chi connectivity index (χ0) is 12.1. The van der Waals surface area contributed by atoms with Gasteiger partial charge < -0.3 is 5.32 Å². The van der Waals surface area contributed by atoms with E-state index in [-0.39, 0.29) is 0 Å². The highest BCUT2D eigenvalue weighted by Gasteiger charge is 2.16. The zero-order valence-electron chi connectivity index (χ0n) is 11.1. The number of aryl methyl sites for hydroxylation is 1. The smallest absolute Gasteiger partial charge is 0.0959 e. The van der Waals surface area contributed by atoms with Gasteiger partial charge in [-0.05, 0) is 33.2 Å². The molecule has 0 fully saturated rings. The van der Waals surface area contributed by atoms with E-state index in [1.54, 1.807) is 0 Å². The molecule has 1 aromatic heterocycles.